The Morgan fingerprint density at radius 3 is 2.40 bits per heavy atom. The molecule has 0 amide bonds. The number of carbonyl (C=O) groups is 1. The second kappa shape index (κ2) is 9.52. The maximum absolute atomic E-state index is 11.1. The Labute approximate surface area is 124 Å². The third kappa shape index (κ3) is 5.32. The molecule has 0 aliphatic carbocycles. The normalized spacial score (nSPS) is 14.6. The van der Waals surface area contributed by atoms with Crippen molar-refractivity contribution in [2.24, 2.45) is 11.8 Å². The minimum Gasteiger partial charge on any atom is -0.303 e. The molecule has 1 nitrogen and oxygen atoms in total. The van der Waals surface area contributed by atoms with Gasteiger partial charge in [-0.15, -0.1) is 0 Å². The lowest BCUT2D eigenvalue weighted by Crippen LogP contribution is -2.17. The molecule has 0 radical (unpaired) electrons. The largest absolute Gasteiger partial charge is 0.303 e. The zero-order chi connectivity index (χ0) is 14.8. The van der Waals surface area contributed by atoms with E-state index in [1.54, 1.807) is 0 Å². The molecule has 0 N–H and O–H groups in total. The van der Waals surface area contributed by atoms with Gasteiger partial charge in [0.05, 0.1) is 0 Å². The minimum atomic E-state index is 0.298. The highest BCUT2D eigenvalue weighted by molar-refractivity contribution is 5.52. The standard InChI is InChI=1S/C19H28O/c1-4-5-6-10-13-18(16(2)3)19(14-15-20)17-11-8-7-9-12-17/h7-13,15-16,18-19H,4-6,14H2,1-3H3/b13-10+/t18-,19-/m1/s1. The van der Waals surface area contributed by atoms with Gasteiger partial charge >= 0.3 is 0 Å². The Morgan fingerprint density at radius 1 is 1.15 bits per heavy atom. The van der Waals surface area contributed by atoms with Crippen molar-refractivity contribution >= 4 is 6.29 Å². The molecule has 0 saturated heterocycles. The zero-order valence-corrected chi connectivity index (χ0v) is 13.1. The number of carbonyl (C=O) groups excluding carboxylic acids is 1. The summed E-state index contributed by atoms with van der Waals surface area (Å²) < 4.78 is 0. The number of unbranched alkanes of at least 4 members (excludes halogenated alkanes) is 2. The highest BCUT2D eigenvalue weighted by Crippen LogP contribution is 2.33. The summed E-state index contributed by atoms with van der Waals surface area (Å²) in [6.45, 7) is 6.71. The lowest BCUT2D eigenvalue weighted by atomic mass is 9.77. The number of hydrogen-bond donors (Lipinski definition) is 0. The highest BCUT2D eigenvalue weighted by Gasteiger charge is 2.23. The zero-order valence-electron chi connectivity index (χ0n) is 13.1. The fourth-order valence-electron chi connectivity index (χ4n) is 2.72. The van der Waals surface area contributed by atoms with Crippen molar-refractivity contribution in [2.75, 3.05) is 0 Å². The van der Waals surface area contributed by atoms with Crippen molar-refractivity contribution < 1.29 is 4.79 Å². The molecule has 0 spiro atoms. The van der Waals surface area contributed by atoms with Crippen LogP contribution in [0.4, 0.5) is 0 Å². The fourth-order valence-corrected chi connectivity index (χ4v) is 2.72. The van der Waals surface area contributed by atoms with Crippen molar-refractivity contribution in [1.29, 1.82) is 0 Å². The topological polar surface area (TPSA) is 17.1 Å². The molecule has 1 rings (SSSR count). The maximum atomic E-state index is 11.1. The van der Waals surface area contributed by atoms with Gasteiger partial charge in [-0.25, -0.2) is 0 Å². The second-order valence-electron chi connectivity index (χ2n) is 5.81. The van der Waals surface area contributed by atoms with E-state index in [1.807, 2.05) is 6.07 Å². The van der Waals surface area contributed by atoms with E-state index in [1.165, 1.54) is 18.4 Å². The molecule has 20 heavy (non-hydrogen) atoms. The quantitative estimate of drug-likeness (QED) is 0.335. The minimum absolute atomic E-state index is 0.298. The smallest absolute Gasteiger partial charge is 0.120 e. The summed E-state index contributed by atoms with van der Waals surface area (Å²) in [5.74, 6) is 1.27. The van der Waals surface area contributed by atoms with Crippen LogP contribution in [0.5, 0.6) is 0 Å². The third-order valence-corrected chi connectivity index (χ3v) is 3.89. The molecule has 0 unspecified atom stereocenters. The van der Waals surface area contributed by atoms with Crippen LogP contribution in [-0.2, 0) is 4.79 Å². The molecule has 2 atom stereocenters. The molecule has 0 aliphatic rings. The molecule has 0 saturated carbocycles. The first-order valence-corrected chi connectivity index (χ1v) is 7.85. The number of aldehydes is 1. The van der Waals surface area contributed by atoms with Crippen LogP contribution in [0.15, 0.2) is 42.5 Å². The maximum Gasteiger partial charge on any atom is 0.120 e. The molecule has 1 heteroatoms. The number of hydrogen-bond acceptors (Lipinski definition) is 1. The van der Waals surface area contributed by atoms with Crippen molar-refractivity contribution in [3.63, 3.8) is 0 Å². The van der Waals surface area contributed by atoms with E-state index >= 15 is 0 Å². The Hall–Kier alpha value is -1.37. The van der Waals surface area contributed by atoms with E-state index in [9.17, 15) is 4.79 Å². The van der Waals surface area contributed by atoms with Crippen LogP contribution in [0.2, 0.25) is 0 Å². The van der Waals surface area contributed by atoms with Crippen LogP contribution in [0, 0.1) is 11.8 Å². The van der Waals surface area contributed by atoms with Gasteiger partial charge in [0.25, 0.3) is 0 Å². The van der Waals surface area contributed by atoms with Crippen LogP contribution in [0.25, 0.3) is 0 Å². The Bertz CT molecular complexity index is 391. The van der Waals surface area contributed by atoms with Crippen LogP contribution < -0.4 is 0 Å². The number of allylic oxidation sites excluding steroid dienone is 2. The summed E-state index contributed by atoms with van der Waals surface area (Å²) in [5.41, 5.74) is 1.28. The molecule has 1 aromatic rings. The summed E-state index contributed by atoms with van der Waals surface area (Å²) in [6, 6.07) is 10.4. The van der Waals surface area contributed by atoms with Crippen molar-refractivity contribution in [3.05, 3.63) is 48.0 Å². The molecular weight excluding hydrogens is 244 g/mol. The van der Waals surface area contributed by atoms with Crippen molar-refractivity contribution in [3.8, 4) is 0 Å². The predicted octanol–water partition coefficient (Wildman–Crippen LogP) is 5.38. The van der Waals surface area contributed by atoms with E-state index in [-0.39, 0.29) is 0 Å². The molecule has 0 bridgehead atoms. The van der Waals surface area contributed by atoms with Gasteiger partial charge < -0.3 is 4.79 Å². The van der Waals surface area contributed by atoms with Gasteiger partial charge in [0, 0.05) is 6.42 Å². The van der Waals surface area contributed by atoms with E-state index in [2.05, 4.69) is 57.2 Å². The summed E-state index contributed by atoms with van der Waals surface area (Å²) in [5, 5.41) is 0. The van der Waals surface area contributed by atoms with E-state index < -0.39 is 0 Å². The Balaban J connectivity index is 2.88. The third-order valence-electron chi connectivity index (χ3n) is 3.89. The lowest BCUT2D eigenvalue weighted by molar-refractivity contribution is -0.108. The second-order valence-corrected chi connectivity index (χ2v) is 5.81. The molecular formula is C19H28O. The van der Waals surface area contributed by atoms with Gasteiger partial charge in [0.15, 0.2) is 0 Å². The average Bonchev–Trinajstić information content (AvgIpc) is 2.46. The number of rotatable bonds is 9. The average molecular weight is 272 g/mol. The molecule has 0 aromatic heterocycles. The van der Waals surface area contributed by atoms with Crippen LogP contribution in [0.1, 0.15) is 57.9 Å². The first-order chi connectivity index (χ1) is 9.70. The molecule has 0 aliphatic heterocycles. The van der Waals surface area contributed by atoms with E-state index in [0.29, 0.717) is 24.2 Å². The first kappa shape index (κ1) is 16.7. The monoisotopic (exact) mass is 272 g/mol. The predicted molar refractivity (Wildman–Crippen MR) is 86.9 cm³/mol. The SMILES string of the molecule is CCCC/C=C/[C@H](C(C)C)[C@H](CC=O)c1ccccc1. The first-order valence-electron chi connectivity index (χ1n) is 7.85. The summed E-state index contributed by atoms with van der Waals surface area (Å²) >= 11 is 0. The molecule has 0 heterocycles. The van der Waals surface area contributed by atoms with Crippen LogP contribution >= 0.6 is 0 Å². The highest BCUT2D eigenvalue weighted by atomic mass is 16.1. The van der Waals surface area contributed by atoms with Gasteiger partial charge in [0.1, 0.15) is 6.29 Å². The van der Waals surface area contributed by atoms with Crippen LogP contribution in [-0.4, -0.2) is 6.29 Å². The molecule has 1 aromatic carbocycles. The summed E-state index contributed by atoms with van der Waals surface area (Å²) in [4.78, 5) is 11.1. The van der Waals surface area contributed by atoms with Crippen LogP contribution in [0.3, 0.4) is 0 Å². The van der Waals surface area contributed by atoms with Crippen molar-refractivity contribution in [2.45, 2.75) is 52.4 Å². The Morgan fingerprint density at radius 2 is 1.85 bits per heavy atom. The number of benzene rings is 1. The van der Waals surface area contributed by atoms with E-state index in [0.717, 1.165) is 12.7 Å². The summed E-state index contributed by atoms with van der Waals surface area (Å²) in [7, 11) is 0. The van der Waals surface area contributed by atoms with Gasteiger partial charge in [-0.3, -0.25) is 0 Å². The van der Waals surface area contributed by atoms with Crippen molar-refractivity contribution in [1.82, 2.24) is 0 Å². The molecule has 110 valence electrons. The van der Waals surface area contributed by atoms with E-state index in [4.69, 9.17) is 0 Å². The van der Waals surface area contributed by atoms with Gasteiger partial charge in [-0.2, -0.15) is 0 Å². The molecule has 0 fully saturated rings. The lowest BCUT2D eigenvalue weighted by Gasteiger charge is -2.27. The Kier molecular flexibility index (Phi) is 7.94. The fraction of sp³-hybridized carbons (Fsp3) is 0.526. The summed E-state index contributed by atoms with van der Waals surface area (Å²) in [6.07, 6.45) is 9.91. The van der Waals surface area contributed by atoms with Gasteiger partial charge in [-0.05, 0) is 29.7 Å². The van der Waals surface area contributed by atoms with Gasteiger partial charge in [-0.1, -0.05) is 76.1 Å². The van der Waals surface area contributed by atoms with Gasteiger partial charge in [0.2, 0.25) is 0 Å².